The summed E-state index contributed by atoms with van der Waals surface area (Å²) in [5.74, 6) is 0. The van der Waals surface area contributed by atoms with E-state index >= 15 is 0 Å². The number of benzene rings is 2. The molecule has 0 bridgehead atoms. The zero-order chi connectivity index (χ0) is 16.7. The van der Waals surface area contributed by atoms with Crippen LogP contribution in [-0.4, -0.2) is 24.5 Å². The number of urea groups is 1. The number of nitrogens with zero attached hydrogens (tertiary/aromatic N) is 1. The van der Waals surface area contributed by atoms with Crippen LogP contribution in [0.5, 0.6) is 0 Å². The van der Waals surface area contributed by atoms with Crippen LogP contribution in [0.2, 0.25) is 0 Å². The Labute approximate surface area is 146 Å². The maximum atomic E-state index is 11.9. The van der Waals surface area contributed by atoms with Crippen molar-refractivity contribution in [1.82, 2.24) is 10.2 Å². The SMILES string of the molecule is CCN(C)Cc1cccc(CNC(=O)Nc2ccc(Br)cc2)c1. The molecule has 0 aliphatic rings. The minimum absolute atomic E-state index is 0.205. The van der Waals surface area contributed by atoms with E-state index in [0.29, 0.717) is 6.54 Å². The van der Waals surface area contributed by atoms with Crippen molar-refractivity contribution in [3.05, 3.63) is 64.1 Å². The van der Waals surface area contributed by atoms with E-state index in [4.69, 9.17) is 0 Å². The zero-order valence-electron chi connectivity index (χ0n) is 13.5. The Morgan fingerprint density at radius 2 is 1.83 bits per heavy atom. The Morgan fingerprint density at radius 3 is 2.52 bits per heavy atom. The van der Waals surface area contributed by atoms with Crippen LogP contribution in [0.15, 0.2) is 53.0 Å². The lowest BCUT2D eigenvalue weighted by Gasteiger charge is -2.14. The summed E-state index contributed by atoms with van der Waals surface area (Å²) in [5, 5.41) is 5.70. The van der Waals surface area contributed by atoms with E-state index in [1.54, 1.807) is 0 Å². The van der Waals surface area contributed by atoms with Crippen LogP contribution >= 0.6 is 15.9 Å². The molecule has 0 radical (unpaired) electrons. The smallest absolute Gasteiger partial charge is 0.319 e. The highest BCUT2D eigenvalue weighted by Gasteiger charge is 2.03. The van der Waals surface area contributed by atoms with E-state index < -0.39 is 0 Å². The third kappa shape index (κ3) is 6.04. The Kier molecular flexibility index (Phi) is 6.62. The van der Waals surface area contributed by atoms with Crippen LogP contribution in [0.4, 0.5) is 10.5 Å². The number of hydrogen-bond acceptors (Lipinski definition) is 2. The van der Waals surface area contributed by atoms with Crippen LogP contribution < -0.4 is 10.6 Å². The average molecular weight is 376 g/mol. The first-order valence-electron chi connectivity index (χ1n) is 7.63. The standard InChI is InChI=1S/C18H22BrN3O/c1-3-22(2)13-15-6-4-5-14(11-15)12-20-18(23)21-17-9-7-16(19)8-10-17/h4-11H,3,12-13H2,1-2H3,(H2,20,21,23). The van der Waals surface area contributed by atoms with Crippen LogP contribution in [0.25, 0.3) is 0 Å². The van der Waals surface area contributed by atoms with Crippen LogP contribution in [0.1, 0.15) is 18.1 Å². The van der Waals surface area contributed by atoms with Crippen LogP contribution in [0, 0.1) is 0 Å². The van der Waals surface area contributed by atoms with Gasteiger partial charge in [-0.1, -0.05) is 47.1 Å². The van der Waals surface area contributed by atoms with Gasteiger partial charge in [0.1, 0.15) is 0 Å². The molecule has 23 heavy (non-hydrogen) atoms. The van der Waals surface area contributed by atoms with Crippen molar-refractivity contribution in [2.75, 3.05) is 18.9 Å². The number of amides is 2. The second-order valence-corrected chi connectivity index (χ2v) is 6.38. The molecular formula is C18H22BrN3O. The molecule has 0 aliphatic heterocycles. The van der Waals surface area contributed by atoms with E-state index in [9.17, 15) is 4.79 Å². The van der Waals surface area contributed by atoms with Crippen molar-refractivity contribution in [2.45, 2.75) is 20.0 Å². The lowest BCUT2D eigenvalue weighted by molar-refractivity contribution is 0.251. The van der Waals surface area contributed by atoms with Gasteiger partial charge < -0.3 is 15.5 Å². The number of halogens is 1. The van der Waals surface area contributed by atoms with E-state index in [2.05, 4.69) is 57.6 Å². The summed E-state index contributed by atoms with van der Waals surface area (Å²) in [7, 11) is 2.09. The Morgan fingerprint density at radius 1 is 1.13 bits per heavy atom. The number of nitrogens with one attached hydrogen (secondary N) is 2. The summed E-state index contributed by atoms with van der Waals surface area (Å²) in [6, 6.07) is 15.6. The molecular weight excluding hydrogens is 354 g/mol. The molecule has 0 spiro atoms. The molecule has 5 heteroatoms. The van der Waals surface area contributed by atoms with Crippen molar-refractivity contribution in [3.63, 3.8) is 0 Å². The van der Waals surface area contributed by atoms with E-state index in [-0.39, 0.29) is 6.03 Å². The highest BCUT2D eigenvalue weighted by atomic mass is 79.9. The molecule has 4 nitrogen and oxygen atoms in total. The molecule has 2 amide bonds. The topological polar surface area (TPSA) is 44.4 Å². The molecule has 0 saturated carbocycles. The molecule has 0 aromatic heterocycles. The average Bonchev–Trinajstić information content (AvgIpc) is 2.55. The lowest BCUT2D eigenvalue weighted by atomic mass is 10.1. The predicted molar refractivity (Wildman–Crippen MR) is 98.5 cm³/mol. The fourth-order valence-corrected chi connectivity index (χ4v) is 2.42. The van der Waals surface area contributed by atoms with Crippen molar-refractivity contribution in [2.24, 2.45) is 0 Å². The van der Waals surface area contributed by atoms with Crippen LogP contribution in [-0.2, 0) is 13.1 Å². The van der Waals surface area contributed by atoms with Crippen molar-refractivity contribution in [1.29, 1.82) is 0 Å². The van der Waals surface area contributed by atoms with Gasteiger partial charge in [-0.05, 0) is 49.0 Å². The normalized spacial score (nSPS) is 10.6. The molecule has 2 aromatic carbocycles. The maximum Gasteiger partial charge on any atom is 0.319 e. The fourth-order valence-electron chi connectivity index (χ4n) is 2.15. The van der Waals surface area contributed by atoms with E-state index in [1.165, 1.54) is 5.56 Å². The molecule has 0 atom stereocenters. The number of rotatable bonds is 6. The Balaban J connectivity index is 1.86. The summed E-state index contributed by atoms with van der Waals surface area (Å²) in [4.78, 5) is 14.2. The third-order valence-corrected chi connectivity index (χ3v) is 4.07. The summed E-state index contributed by atoms with van der Waals surface area (Å²) in [5.41, 5.74) is 3.11. The van der Waals surface area contributed by atoms with Crippen LogP contribution in [0.3, 0.4) is 0 Å². The molecule has 2 N–H and O–H groups in total. The first-order chi connectivity index (χ1) is 11.1. The monoisotopic (exact) mass is 375 g/mol. The molecule has 0 aliphatic carbocycles. The molecule has 2 aromatic rings. The van der Waals surface area contributed by atoms with Crippen molar-refractivity contribution >= 4 is 27.6 Å². The molecule has 2 rings (SSSR count). The van der Waals surface area contributed by atoms with Gasteiger partial charge in [0.25, 0.3) is 0 Å². The summed E-state index contributed by atoms with van der Waals surface area (Å²) in [6.07, 6.45) is 0. The van der Waals surface area contributed by atoms with Gasteiger partial charge in [0.15, 0.2) is 0 Å². The van der Waals surface area contributed by atoms with Crippen molar-refractivity contribution in [3.8, 4) is 0 Å². The fraction of sp³-hybridized carbons (Fsp3) is 0.278. The molecule has 122 valence electrons. The van der Waals surface area contributed by atoms with Crippen molar-refractivity contribution < 1.29 is 4.79 Å². The second kappa shape index (κ2) is 8.70. The summed E-state index contributed by atoms with van der Waals surface area (Å²) < 4.78 is 0.984. The quantitative estimate of drug-likeness (QED) is 0.793. The minimum Gasteiger partial charge on any atom is -0.334 e. The van der Waals surface area contributed by atoms with E-state index in [0.717, 1.165) is 28.8 Å². The maximum absolute atomic E-state index is 11.9. The summed E-state index contributed by atoms with van der Waals surface area (Å²) in [6.45, 7) is 4.57. The zero-order valence-corrected chi connectivity index (χ0v) is 15.1. The Bertz CT molecular complexity index is 643. The van der Waals surface area contributed by atoms with Gasteiger partial charge in [-0.2, -0.15) is 0 Å². The van der Waals surface area contributed by atoms with Gasteiger partial charge in [-0.15, -0.1) is 0 Å². The summed E-state index contributed by atoms with van der Waals surface area (Å²) >= 11 is 3.37. The molecule has 0 fully saturated rings. The van der Waals surface area contributed by atoms with Gasteiger partial charge in [0.05, 0.1) is 0 Å². The largest absolute Gasteiger partial charge is 0.334 e. The van der Waals surface area contributed by atoms with E-state index in [1.807, 2.05) is 36.4 Å². The predicted octanol–water partition coefficient (Wildman–Crippen LogP) is 4.22. The first kappa shape index (κ1) is 17.5. The molecule has 0 unspecified atom stereocenters. The number of carbonyl (C=O) groups excluding carboxylic acids is 1. The van der Waals surface area contributed by atoms with Gasteiger partial charge in [0.2, 0.25) is 0 Å². The first-order valence-corrected chi connectivity index (χ1v) is 8.43. The number of anilines is 1. The van der Waals surface area contributed by atoms with Gasteiger partial charge >= 0.3 is 6.03 Å². The molecule has 0 saturated heterocycles. The molecule has 0 heterocycles. The third-order valence-electron chi connectivity index (χ3n) is 3.54. The second-order valence-electron chi connectivity index (χ2n) is 5.46. The van der Waals surface area contributed by atoms with Gasteiger partial charge in [0, 0.05) is 23.2 Å². The minimum atomic E-state index is -0.205. The van der Waals surface area contributed by atoms with Gasteiger partial charge in [-0.3, -0.25) is 0 Å². The highest BCUT2D eigenvalue weighted by molar-refractivity contribution is 9.10. The number of hydrogen-bond donors (Lipinski definition) is 2. The lowest BCUT2D eigenvalue weighted by Crippen LogP contribution is -2.28. The number of carbonyl (C=O) groups is 1. The highest BCUT2D eigenvalue weighted by Crippen LogP contribution is 2.14. The Hall–Kier alpha value is -1.85. The van der Waals surface area contributed by atoms with Gasteiger partial charge in [-0.25, -0.2) is 4.79 Å².